The summed E-state index contributed by atoms with van der Waals surface area (Å²) < 4.78 is 55.0. The molecule has 2 N–H and O–H groups in total. The average Bonchev–Trinajstić information content (AvgIpc) is 2.75. The third-order valence-corrected chi connectivity index (χ3v) is 8.65. The van der Waals surface area contributed by atoms with Crippen LogP contribution in [0, 0.1) is 12.8 Å². The Hall–Kier alpha value is -2.47. The summed E-state index contributed by atoms with van der Waals surface area (Å²) in [5.41, 5.74) is 1.75. The number of para-hydroxylation sites is 1. The van der Waals surface area contributed by atoms with Gasteiger partial charge >= 0.3 is 0 Å². The Morgan fingerprint density at radius 2 is 1.69 bits per heavy atom. The Labute approximate surface area is 189 Å². The van der Waals surface area contributed by atoms with E-state index in [2.05, 4.69) is 10.0 Å². The molecule has 174 valence electrons. The van der Waals surface area contributed by atoms with Crippen LogP contribution in [0.5, 0.6) is 0 Å². The van der Waals surface area contributed by atoms with Gasteiger partial charge in [-0.2, -0.15) is 17.0 Å². The van der Waals surface area contributed by atoms with Gasteiger partial charge in [0.15, 0.2) is 0 Å². The van der Waals surface area contributed by atoms with E-state index in [1.807, 2.05) is 19.1 Å². The van der Waals surface area contributed by atoms with Crippen LogP contribution in [-0.4, -0.2) is 58.5 Å². The van der Waals surface area contributed by atoms with Gasteiger partial charge < -0.3 is 5.32 Å². The summed E-state index contributed by atoms with van der Waals surface area (Å²) in [5.74, 6) is -0.776. The zero-order chi connectivity index (χ0) is 23.5. The summed E-state index contributed by atoms with van der Waals surface area (Å²) >= 11 is 0. The zero-order valence-corrected chi connectivity index (χ0v) is 19.9. The van der Waals surface area contributed by atoms with Crippen LogP contribution in [0.4, 0.5) is 11.4 Å². The van der Waals surface area contributed by atoms with E-state index in [0.29, 0.717) is 30.8 Å². The van der Waals surface area contributed by atoms with Crippen LogP contribution >= 0.6 is 0 Å². The van der Waals surface area contributed by atoms with Crippen molar-refractivity contribution in [2.24, 2.45) is 5.92 Å². The Bertz CT molecular complexity index is 1180. The van der Waals surface area contributed by atoms with Gasteiger partial charge in [0.2, 0.25) is 5.91 Å². The molecule has 32 heavy (non-hydrogen) atoms. The molecule has 2 aromatic rings. The number of carbonyl (C=O) groups is 1. The molecule has 9 nitrogen and oxygen atoms in total. The molecule has 1 aliphatic rings. The maximum absolute atomic E-state index is 12.7. The van der Waals surface area contributed by atoms with Crippen molar-refractivity contribution in [1.82, 2.24) is 8.61 Å². The molecule has 1 fully saturated rings. The lowest BCUT2D eigenvalue weighted by Gasteiger charge is -2.32. The van der Waals surface area contributed by atoms with E-state index in [1.165, 1.54) is 42.7 Å². The lowest BCUT2D eigenvalue weighted by atomic mass is 9.99. The molecule has 0 aliphatic carbocycles. The van der Waals surface area contributed by atoms with E-state index >= 15 is 0 Å². The van der Waals surface area contributed by atoms with E-state index in [9.17, 15) is 21.6 Å². The second kappa shape index (κ2) is 9.57. The molecule has 0 aromatic heterocycles. The van der Waals surface area contributed by atoms with Crippen LogP contribution in [0.2, 0.25) is 0 Å². The Kier molecular flexibility index (Phi) is 7.23. The Morgan fingerprint density at radius 1 is 1.03 bits per heavy atom. The number of piperidine rings is 1. The number of nitrogens with one attached hydrogen (secondary N) is 2. The maximum atomic E-state index is 12.7. The largest absolute Gasteiger partial charge is 0.326 e. The molecule has 2 aromatic carbocycles. The van der Waals surface area contributed by atoms with Crippen LogP contribution in [0.3, 0.4) is 0 Å². The van der Waals surface area contributed by atoms with Gasteiger partial charge in [0.05, 0.1) is 16.5 Å². The number of nitrogens with zero attached hydrogens (tertiary/aromatic N) is 2. The molecular weight excluding hydrogens is 452 g/mol. The summed E-state index contributed by atoms with van der Waals surface area (Å²) in [4.78, 5) is 12.8. The number of amides is 1. The molecule has 0 spiro atoms. The van der Waals surface area contributed by atoms with E-state index in [1.54, 1.807) is 12.1 Å². The zero-order valence-electron chi connectivity index (χ0n) is 18.3. The van der Waals surface area contributed by atoms with E-state index in [0.717, 1.165) is 9.87 Å². The summed E-state index contributed by atoms with van der Waals surface area (Å²) in [6, 6.07) is 12.9. The van der Waals surface area contributed by atoms with Crippen LogP contribution in [0.1, 0.15) is 18.4 Å². The summed E-state index contributed by atoms with van der Waals surface area (Å²) in [6.45, 7) is 2.30. The Morgan fingerprint density at radius 3 is 2.31 bits per heavy atom. The number of rotatable bonds is 7. The van der Waals surface area contributed by atoms with Crippen LogP contribution in [0.15, 0.2) is 53.4 Å². The molecule has 1 aliphatic heterocycles. The van der Waals surface area contributed by atoms with Crippen molar-refractivity contribution in [2.45, 2.75) is 24.7 Å². The van der Waals surface area contributed by atoms with Gasteiger partial charge in [0.1, 0.15) is 0 Å². The molecule has 1 saturated heterocycles. The molecule has 1 amide bonds. The number of sulfonamides is 1. The molecule has 3 rings (SSSR count). The van der Waals surface area contributed by atoms with Crippen molar-refractivity contribution in [3.63, 3.8) is 0 Å². The molecule has 1 heterocycles. The van der Waals surface area contributed by atoms with Gasteiger partial charge in [-0.25, -0.2) is 8.42 Å². The van der Waals surface area contributed by atoms with Gasteiger partial charge in [-0.05, 0) is 55.7 Å². The van der Waals surface area contributed by atoms with Crippen molar-refractivity contribution >= 4 is 37.5 Å². The first-order valence-corrected chi connectivity index (χ1v) is 13.1. The number of hydrogen-bond donors (Lipinski definition) is 2. The highest BCUT2D eigenvalue weighted by Crippen LogP contribution is 2.23. The maximum Gasteiger partial charge on any atom is 0.281 e. The first-order valence-electron chi connectivity index (χ1n) is 10.2. The van der Waals surface area contributed by atoms with E-state index < -0.39 is 26.2 Å². The van der Waals surface area contributed by atoms with Crippen LogP contribution in [-0.2, 0) is 25.0 Å². The number of hydrogen-bond acceptors (Lipinski definition) is 5. The molecule has 0 unspecified atom stereocenters. The van der Waals surface area contributed by atoms with Crippen molar-refractivity contribution in [3.8, 4) is 0 Å². The highest BCUT2D eigenvalue weighted by Gasteiger charge is 2.33. The summed E-state index contributed by atoms with van der Waals surface area (Å²) in [7, 11) is -4.43. The van der Waals surface area contributed by atoms with Crippen molar-refractivity contribution in [1.29, 1.82) is 0 Å². The van der Waals surface area contributed by atoms with Gasteiger partial charge in [-0.1, -0.05) is 18.2 Å². The number of aryl methyl sites for hydroxylation is 1. The SMILES string of the molecule is Cc1ccccc1NS(=O)(=O)c1ccc(NC(=O)[C@@H]2CCCN(S(=O)(=O)N(C)C)C2)cc1. The van der Waals surface area contributed by atoms with Crippen molar-refractivity contribution < 1.29 is 21.6 Å². The van der Waals surface area contributed by atoms with E-state index in [-0.39, 0.29) is 17.3 Å². The average molecular weight is 481 g/mol. The second-order valence-corrected chi connectivity index (χ2v) is 11.7. The Balaban J connectivity index is 1.66. The van der Waals surface area contributed by atoms with Gasteiger partial charge in [-0.15, -0.1) is 0 Å². The first kappa shape index (κ1) is 24.2. The third kappa shape index (κ3) is 5.47. The monoisotopic (exact) mass is 480 g/mol. The lowest BCUT2D eigenvalue weighted by Crippen LogP contribution is -2.47. The predicted octanol–water partition coefficient (Wildman–Crippen LogP) is 2.25. The molecule has 0 bridgehead atoms. The predicted molar refractivity (Wildman–Crippen MR) is 124 cm³/mol. The number of carbonyl (C=O) groups excluding carboxylic acids is 1. The van der Waals surface area contributed by atoms with Gasteiger partial charge in [0.25, 0.3) is 20.2 Å². The normalized spacial score (nSPS) is 17.8. The molecular formula is C21H28N4O5S2. The van der Waals surface area contributed by atoms with E-state index in [4.69, 9.17) is 0 Å². The van der Waals surface area contributed by atoms with Crippen molar-refractivity contribution in [2.75, 3.05) is 37.2 Å². The standard InChI is InChI=1S/C21H28N4O5S2/c1-16-7-4-5-9-20(16)23-31(27,28)19-12-10-18(11-13-19)22-21(26)17-8-6-14-25(15-17)32(29,30)24(2)3/h4-5,7,9-13,17,23H,6,8,14-15H2,1-3H3,(H,22,26)/t17-/m1/s1. The first-order chi connectivity index (χ1) is 15.0. The number of anilines is 2. The number of benzene rings is 2. The molecule has 11 heteroatoms. The minimum atomic E-state index is -3.77. The van der Waals surface area contributed by atoms with Crippen LogP contribution < -0.4 is 10.0 Å². The fourth-order valence-corrected chi connectivity index (χ4v) is 5.77. The molecule has 0 radical (unpaired) electrons. The minimum absolute atomic E-state index is 0.0691. The summed E-state index contributed by atoms with van der Waals surface area (Å²) in [5, 5.41) is 2.76. The van der Waals surface area contributed by atoms with Gasteiger partial charge in [0, 0.05) is 32.9 Å². The minimum Gasteiger partial charge on any atom is -0.326 e. The highest BCUT2D eigenvalue weighted by molar-refractivity contribution is 7.92. The van der Waals surface area contributed by atoms with Crippen molar-refractivity contribution in [3.05, 3.63) is 54.1 Å². The molecule has 0 saturated carbocycles. The van der Waals surface area contributed by atoms with Gasteiger partial charge in [-0.3, -0.25) is 9.52 Å². The topological polar surface area (TPSA) is 116 Å². The van der Waals surface area contributed by atoms with Crippen LogP contribution in [0.25, 0.3) is 0 Å². The quantitative estimate of drug-likeness (QED) is 0.631. The fourth-order valence-electron chi connectivity index (χ4n) is 3.45. The second-order valence-electron chi connectivity index (χ2n) is 7.92. The smallest absolute Gasteiger partial charge is 0.281 e. The third-order valence-electron chi connectivity index (χ3n) is 5.36. The highest BCUT2D eigenvalue weighted by atomic mass is 32.2. The lowest BCUT2D eigenvalue weighted by molar-refractivity contribution is -0.120. The summed E-state index contributed by atoms with van der Waals surface area (Å²) in [6.07, 6.45) is 1.17. The fraction of sp³-hybridized carbons (Fsp3) is 0.381. The molecule has 1 atom stereocenters.